The third-order valence-corrected chi connectivity index (χ3v) is 3.03. The average molecular weight is 238 g/mol. The van der Waals surface area contributed by atoms with Crippen LogP contribution in [0.1, 0.15) is 12.6 Å². The number of aromatic nitrogens is 1. The predicted molar refractivity (Wildman–Crippen MR) is 64.1 cm³/mol. The average Bonchev–Trinajstić information content (AvgIpc) is 2.35. The van der Waals surface area contributed by atoms with Crippen LogP contribution in [0.15, 0.2) is 17.1 Å². The molecule has 0 aliphatic carbocycles. The lowest BCUT2D eigenvalue weighted by Crippen LogP contribution is -2.36. The Bertz CT molecular complexity index is 436. The molecule has 0 atom stereocenters. The zero-order valence-corrected chi connectivity index (χ0v) is 10.1. The quantitative estimate of drug-likeness (QED) is 0.828. The van der Waals surface area contributed by atoms with E-state index in [0.717, 1.165) is 45.1 Å². The summed E-state index contributed by atoms with van der Waals surface area (Å²) >= 11 is 0. The Morgan fingerprint density at radius 1 is 1.41 bits per heavy atom. The summed E-state index contributed by atoms with van der Waals surface area (Å²) in [6, 6.07) is 1.52. The molecule has 1 N–H and O–H groups in total. The van der Waals surface area contributed by atoms with E-state index >= 15 is 0 Å². The molecule has 0 spiro atoms. The molecule has 94 valence electrons. The van der Waals surface area contributed by atoms with Crippen molar-refractivity contribution in [3.8, 4) is 5.75 Å². The summed E-state index contributed by atoms with van der Waals surface area (Å²) in [5, 5.41) is 9.39. The van der Waals surface area contributed by atoms with Crippen LogP contribution in [-0.4, -0.2) is 40.9 Å². The van der Waals surface area contributed by atoms with Gasteiger partial charge in [0.15, 0.2) is 5.75 Å². The lowest BCUT2D eigenvalue weighted by molar-refractivity contribution is 0.0331. The largest absolute Gasteiger partial charge is 0.503 e. The summed E-state index contributed by atoms with van der Waals surface area (Å²) < 4.78 is 7.20. The fourth-order valence-corrected chi connectivity index (χ4v) is 2.02. The standard InChI is InChI=1S/C12H18N2O3/c1-2-14-9-12(16)11(15)7-10(14)8-13-3-5-17-6-4-13/h7,9,16H,2-6,8H2,1H3. The SMILES string of the molecule is CCn1cc(O)c(=O)cc1CN1CCOCC1. The van der Waals surface area contributed by atoms with E-state index in [9.17, 15) is 9.90 Å². The van der Waals surface area contributed by atoms with Crippen LogP contribution in [0.4, 0.5) is 0 Å². The van der Waals surface area contributed by atoms with Gasteiger partial charge in [-0.1, -0.05) is 0 Å². The minimum absolute atomic E-state index is 0.183. The Morgan fingerprint density at radius 2 is 2.12 bits per heavy atom. The first kappa shape index (κ1) is 12.1. The summed E-state index contributed by atoms with van der Waals surface area (Å²) in [6.07, 6.45) is 1.51. The maximum Gasteiger partial charge on any atom is 0.223 e. The summed E-state index contributed by atoms with van der Waals surface area (Å²) in [6.45, 7) is 6.73. The van der Waals surface area contributed by atoms with Crippen LogP contribution in [0.3, 0.4) is 0 Å². The molecule has 0 amide bonds. The number of rotatable bonds is 3. The molecule has 0 aromatic carbocycles. The molecule has 17 heavy (non-hydrogen) atoms. The monoisotopic (exact) mass is 238 g/mol. The highest BCUT2D eigenvalue weighted by Gasteiger charge is 2.13. The molecular weight excluding hydrogens is 220 g/mol. The Hall–Kier alpha value is -1.33. The van der Waals surface area contributed by atoms with Crippen LogP contribution in [0.5, 0.6) is 5.75 Å². The number of ether oxygens (including phenoxy) is 1. The van der Waals surface area contributed by atoms with Crippen molar-refractivity contribution in [3.63, 3.8) is 0 Å². The molecule has 0 bridgehead atoms. The lowest BCUT2D eigenvalue weighted by atomic mass is 10.2. The second kappa shape index (κ2) is 5.33. The molecule has 2 rings (SSSR count). The normalized spacial score (nSPS) is 17.2. The van der Waals surface area contributed by atoms with Crippen molar-refractivity contribution in [2.45, 2.75) is 20.0 Å². The zero-order chi connectivity index (χ0) is 12.3. The molecule has 0 saturated carbocycles. The van der Waals surface area contributed by atoms with E-state index in [2.05, 4.69) is 4.90 Å². The van der Waals surface area contributed by atoms with Gasteiger partial charge in [-0.15, -0.1) is 0 Å². The number of aromatic hydroxyl groups is 1. The first-order chi connectivity index (χ1) is 8.20. The van der Waals surface area contributed by atoms with Gasteiger partial charge in [-0.2, -0.15) is 0 Å². The maximum absolute atomic E-state index is 11.4. The van der Waals surface area contributed by atoms with Gasteiger partial charge < -0.3 is 14.4 Å². The summed E-state index contributed by atoms with van der Waals surface area (Å²) in [7, 11) is 0. The van der Waals surface area contributed by atoms with Crippen molar-refractivity contribution < 1.29 is 9.84 Å². The van der Waals surface area contributed by atoms with Crippen molar-refractivity contribution >= 4 is 0 Å². The molecule has 5 nitrogen and oxygen atoms in total. The van der Waals surface area contributed by atoms with Crippen LogP contribution < -0.4 is 5.43 Å². The highest BCUT2D eigenvalue weighted by atomic mass is 16.5. The van der Waals surface area contributed by atoms with E-state index in [1.165, 1.54) is 12.3 Å². The highest BCUT2D eigenvalue weighted by molar-refractivity contribution is 5.20. The first-order valence-electron chi connectivity index (χ1n) is 5.93. The van der Waals surface area contributed by atoms with Crippen molar-refractivity contribution in [1.82, 2.24) is 9.47 Å². The van der Waals surface area contributed by atoms with Gasteiger partial charge in [0.25, 0.3) is 0 Å². The molecule has 5 heteroatoms. The molecule has 0 radical (unpaired) electrons. The summed E-state index contributed by atoms with van der Waals surface area (Å²) in [4.78, 5) is 13.7. The van der Waals surface area contributed by atoms with E-state index in [1.54, 1.807) is 0 Å². The van der Waals surface area contributed by atoms with E-state index in [-0.39, 0.29) is 11.2 Å². The van der Waals surface area contributed by atoms with Crippen LogP contribution in [-0.2, 0) is 17.8 Å². The number of pyridine rings is 1. The molecule has 1 saturated heterocycles. The van der Waals surface area contributed by atoms with E-state index in [1.807, 2.05) is 11.5 Å². The second-order valence-electron chi connectivity index (χ2n) is 4.19. The van der Waals surface area contributed by atoms with E-state index < -0.39 is 0 Å². The number of nitrogens with zero attached hydrogens (tertiary/aromatic N) is 2. The van der Waals surface area contributed by atoms with Crippen molar-refractivity contribution in [2.75, 3.05) is 26.3 Å². The highest BCUT2D eigenvalue weighted by Crippen LogP contribution is 2.09. The van der Waals surface area contributed by atoms with Crippen LogP contribution >= 0.6 is 0 Å². The fraction of sp³-hybridized carbons (Fsp3) is 0.583. The van der Waals surface area contributed by atoms with Gasteiger partial charge in [0.2, 0.25) is 5.43 Å². The number of hydrogen-bond acceptors (Lipinski definition) is 4. The molecule has 0 unspecified atom stereocenters. The van der Waals surface area contributed by atoms with Gasteiger partial charge in [0, 0.05) is 37.9 Å². The van der Waals surface area contributed by atoms with Crippen molar-refractivity contribution in [3.05, 3.63) is 28.2 Å². The predicted octanol–water partition coefficient (Wildman–Crippen LogP) is 0.406. The third-order valence-electron chi connectivity index (χ3n) is 3.03. The first-order valence-corrected chi connectivity index (χ1v) is 5.93. The van der Waals surface area contributed by atoms with Gasteiger partial charge >= 0.3 is 0 Å². The molecule has 1 aromatic heterocycles. The Labute approximate surface area is 100 Å². The van der Waals surface area contributed by atoms with E-state index in [0.29, 0.717) is 0 Å². The number of morpholine rings is 1. The van der Waals surface area contributed by atoms with Crippen LogP contribution in [0.2, 0.25) is 0 Å². The Morgan fingerprint density at radius 3 is 2.76 bits per heavy atom. The third kappa shape index (κ3) is 2.87. The van der Waals surface area contributed by atoms with E-state index in [4.69, 9.17) is 4.74 Å². The topological polar surface area (TPSA) is 54.7 Å². The number of aryl methyl sites for hydroxylation is 1. The second-order valence-corrected chi connectivity index (χ2v) is 4.19. The molecule has 2 heterocycles. The van der Waals surface area contributed by atoms with Gasteiger partial charge in [-0.05, 0) is 6.92 Å². The minimum Gasteiger partial charge on any atom is -0.503 e. The molecule has 1 aliphatic heterocycles. The smallest absolute Gasteiger partial charge is 0.223 e. The molecule has 1 fully saturated rings. The van der Waals surface area contributed by atoms with Gasteiger partial charge in [-0.25, -0.2) is 0 Å². The lowest BCUT2D eigenvalue weighted by Gasteiger charge is -2.27. The van der Waals surface area contributed by atoms with Gasteiger partial charge in [0.1, 0.15) is 0 Å². The minimum atomic E-state index is -0.307. The summed E-state index contributed by atoms with van der Waals surface area (Å²) in [5.41, 5.74) is 0.634. The molecule has 1 aromatic rings. The van der Waals surface area contributed by atoms with Crippen LogP contribution in [0, 0.1) is 0 Å². The molecule has 1 aliphatic rings. The molecular formula is C12H18N2O3. The zero-order valence-electron chi connectivity index (χ0n) is 10.1. The Kier molecular flexibility index (Phi) is 3.81. The van der Waals surface area contributed by atoms with Crippen LogP contribution in [0.25, 0.3) is 0 Å². The van der Waals surface area contributed by atoms with Gasteiger partial charge in [0.05, 0.1) is 19.4 Å². The summed E-state index contributed by atoms with van der Waals surface area (Å²) in [5.74, 6) is -0.183. The number of hydrogen-bond donors (Lipinski definition) is 1. The van der Waals surface area contributed by atoms with Crippen molar-refractivity contribution in [2.24, 2.45) is 0 Å². The van der Waals surface area contributed by atoms with Gasteiger partial charge in [-0.3, -0.25) is 9.69 Å². The van der Waals surface area contributed by atoms with Crippen molar-refractivity contribution in [1.29, 1.82) is 0 Å². The Balaban J connectivity index is 2.18. The fourth-order valence-electron chi connectivity index (χ4n) is 2.02. The maximum atomic E-state index is 11.4.